The number of aromatic nitrogens is 2. The summed E-state index contributed by atoms with van der Waals surface area (Å²) in [7, 11) is 3.89. The zero-order valence-electron chi connectivity index (χ0n) is 13.9. The van der Waals surface area contributed by atoms with Crippen LogP contribution in [0, 0.1) is 0 Å². The van der Waals surface area contributed by atoms with E-state index in [0.29, 0.717) is 0 Å². The van der Waals surface area contributed by atoms with E-state index in [1.54, 1.807) is 12.5 Å². The number of imidazole rings is 1. The fraction of sp³-hybridized carbons (Fsp3) is 0.444. The maximum Gasteiger partial charge on any atom is 0.165 e. The smallest absolute Gasteiger partial charge is 0.165 e. The molecule has 0 saturated heterocycles. The highest BCUT2D eigenvalue weighted by molar-refractivity contribution is 6.01. The third kappa shape index (κ3) is 4.45. The van der Waals surface area contributed by atoms with E-state index in [1.165, 1.54) is 36.8 Å². The van der Waals surface area contributed by atoms with Crippen molar-refractivity contribution in [1.82, 2.24) is 14.6 Å². The molecule has 0 N–H and O–H groups in total. The van der Waals surface area contributed by atoms with E-state index in [9.17, 15) is 0 Å². The van der Waals surface area contributed by atoms with E-state index >= 15 is 0 Å². The lowest BCUT2D eigenvalue weighted by Gasteiger charge is -2.15. The minimum atomic E-state index is 0.925. The van der Waals surface area contributed by atoms with Crippen molar-refractivity contribution in [1.29, 1.82) is 0 Å². The van der Waals surface area contributed by atoms with E-state index in [0.717, 1.165) is 12.3 Å². The number of rotatable bonds is 7. The highest BCUT2D eigenvalue weighted by atomic mass is 15.4. The molecule has 0 aliphatic heterocycles. The molecule has 1 heterocycles. The second-order valence-corrected chi connectivity index (χ2v) is 5.71. The molecule has 0 atom stereocenters. The summed E-state index contributed by atoms with van der Waals surface area (Å²) in [6, 6.07) is 8.55. The van der Waals surface area contributed by atoms with Gasteiger partial charge in [0.1, 0.15) is 6.33 Å². The number of nitrogens with zero attached hydrogens (tertiary/aromatic N) is 4. The molecule has 0 fully saturated rings. The van der Waals surface area contributed by atoms with E-state index in [4.69, 9.17) is 0 Å². The number of aryl methyl sites for hydroxylation is 1. The standard InChI is InChI=1S/C18H26N4/c1-4-5-6-7-10-16-11-8-9-12-17(16)18(20-21(2)3)22-14-13-19-15-22/h8-9,11-15H,4-7,10H2,1-3H3/b20-18+. The molecule has 0 bridgehead atoms. The zero-order valence-corrected chi connectivity index (χ0v) is 13.9. The van der Waals surface area contributed by atoms with Gasteiger partial charge in [-0.1, -0.05) is 50.5 Å². The van der Waals surface area contributed by atoms with Gasteiger partial charge in [0.05, 0.1) is 0 Å². The first-order chi connectivity index (χ1) is 10.7. The van der Waals surface area contributed by atoms with Gasteiger partial charge in [-0.05, 0) is 18.4 Å². The first-order valence-corrected chi connectivity index (χ1v) is 8.05. The lowest BCUT2D eigenvalue weighted by molar-refractivity contribution is 0.435. The molecule has 2 rings (SSSR count). The van der Waals surface area contributed by atoms with Crippen molar-refractivity contribution in [2.24, 2.45) is 5.10 Å². The molecule has 1 aromatic heterocycles. The predicted molar refractivity (Wildman–Crippen MR) is 92.1 cm³/mol. The summed E-state index contributed by atoms with van der Waals surface area (Å²) < 4.78 is 1.98. The average molecular weight is 298 g/mol. The van der Waals surface area contributed by atoms with Crippen molar-refractivity contribution in [3.05, 3.63) is 54.1 Å². The van der Waals surface area contributed by atoms with Crippen molar-refractivity contribution in [3.8, 4) is 0 Å². The second kappa shape index (κ2) is 8.37. The van der Waals surface area contributed by atoms with E-state index in [-0.39, 0.29) is 0 Å². The van der Waals surface area contributed by atoms with Crippen LogP contribution in [0.3, 0.4) is 0 Å². The highest BCUT2D eigenvalue weighted by Crippen LogP contribution is 2.16. The largest absolute Gasteiger partial charge is 0.301 e. The Hall–Kier alpha value is -2.10. The van der Waals surface area contributed by atoms with Crippen LogP contribution in [0.15, 0.2) is 48.1 Å². The molecule has 2 aromatic rings. The molecular formula is C18H26N4. The van der Waals surface area contributed by atoms with E-state index in [1.807, 2.05) is 29.9 Å². The average Bonchev–Trinajstić information content (AvgIpc) is 3.04. The van der Waals surface area contributed by atoms with Crippen molar-refractivity contribution in [2.75, 3.05) is 14.1 Å². The fourth-order valence-corrected chi connectivity index (χ4v) is 2.52. The Kier molecular flexibility index (Phi) is 6.19. The van der Waals surface area contributed by atoms with E-state index in [2.05, 4.69) is 41.3 Å². The SMILES string of the molecule is CCCCCCc1ccccc1/C(=N\N(C)C)n1ccnc1. The van der Waals surface area contributed by atoms with Gasteiger partial charge in [0.2, 0.25) is 0 Å². The quantitative estimate of drug-likeness (QED) is 0.337. The summed E-state index contributed by atoms with van der Waals surface area (Å²) in [5, 5.41) is 6.50. The number of benzene rings is 1. The second-order valence-electron chi connectivity index (χ2n) is 5.71. The third-order valence-corrected chi connectivity index (χ3v) is 3.60. The maximum absolute atomic E-state index is 4.67. The topological polar surface area (TPSA) is 33.4 Å². The molecule has 1 aromatic carbocycles. The number of hydrogen-bond donors (Lipinski definition) is 0. The van der Waals surface area contributed by atoms with Gasteiger partial charge in [0.15, 0.2) is 5.84 Å². The van der Waals surface area contributed by atoms with Gasteiger partial charge in [-0.25, -0.2) is 4.98 Å². The van der Waals surface area contributed by atoms with Gasteiger partial charge in [0, 0.05) is 32.1 Å². The molecule has 0 unspecified atom stereocenters. The lowest BCUT2D eigenvalue weighted by Crippen LogP contribution is -2.18. The Morgan fingerprint density at radius 2 is 2.00 bits per heavy atom. The van der Waals surface area contributed by atoms with Crippen LogP contribution < -0.4 is 0 Å². The number of unbranched alkanes of at least 4 members (excludes halogenated alkanes) is 3. The molecular weight excluding hydrogens is 272 g/mol. The lowest BCUT2D eigenvalue weighted by atomic mass is 10.00. The molecule has 118 valence electrons. The van der Waals surface area contributed by atoms with Crippen molar-refractivity contribution in [3.63, 3.8) is 0 Å². The summed E-state index contributed by atoms with van der Waals surface area (Å²) in [6.07, 6.45) is 11.7. The van der Waals surface area contributed by atoms with Gasteiger partial charge in [-0.2, -0.15) is 5.10 Å². The third-order valence-electron chi connectivity index (χ3n) is 3.60. The van der Waals surface area contributed by atoms with Crippen molar-refractivity contribution >= 4 is 5.84 Å². The molecule has 0 aliphatic rings. The molecule has 0 spiro atoms. The van der Waals surface area contributed by atoms with Gasteiger partial charge in [-0.3, -0.25) is 4.57 Å². The van der Waals surface area contributed by atoms with Crippen LogP contribution in [0.4, 0.5) is 0 Å². The van der Waals surface area contributed by atoms with Gasteiger partial charge in [0.25, 0.3) is 0 Å². The summed E-state index contributed by atoms with van der Waals surface area (Å²) in [5.74, 6) is 0.925. The molecule has 4 nitrogen and oxygen atoms in total. The van der Waals surface area contributed by atoms with Crippen LogP contribution in [0.5, 0.6) is 0 Å². The molecule has 0 amide bonds. The molecule has 4 heteroatoms. The normalized spacial score (nSPS) is 11.7. The summed E-state index contributed by atoms with van der Waals surface area (Å²) in [6.45, 7) is 2.24. The molecule has 0 aliphatic carbocycles. The van der Waals surface area contributed by atoms with Crippen LogP contribution in [-0.4, -0.2) is 34.5 Å². The highest BCUT2D eigenvalue weighted by Gasteiger charge is 2.11. The zero-order chi connectivity index (χ0) is 15.8. The molecule has 0 saturated carbocycles. The van der Waals surface area contributed by atoms with Gasteiger partial charge in [-0.15, -0.1) is 0 Å². The Morgan fingerprint density at radius 1 is 1.18 bits per heavy atom. The fourth-order valence-electron chi connectivity index (χ4n) is 2.52. The first-order valence-electron chi connectivity index (χ1n) is 8.05. The molecule has 22 heavy (non-hydrogen) atoms. The van der Waals surface area contributed by atoms with Gasteiger partial charge < -0.3 is 5.01 Å². The van der Waals surface area contributed by atoms with Crippen LogP contribution in [0.2, 0.25) is 0 Å². The van der Waals surface area contributed by atoms with Crippen molar-refractivity contribution in [2.45, 2.75) is 39.0 Å². The van der Waals surface area contributed by atoms with Crippen molar-refractivity contribution < 1.29 is 0 Å². The minimum absolute atomic E-state index is 0.925. The Bertz CT molecular complexity index is 585. The Morgan fingerprint density at radius 3 is 2.68 bits per heavy atom. The minimum Gasteiger partial charge on any atom is -0.301 e. The van der Waals surface area contributed by atoms with Crippen LogP contribution in [0.1, 0.15) is 43.7 Å². The number of hydrogen-bond acceptors (Lipinski definition) is 3. The summed E-state index contributed by atoms with van der Waals surface area (Å²) in [5.41, 5.74) is 2.54. The summed E-state index contributed by atoms with van der Waals surface area (Å²) >= 11 is 0. The Balaban J connectivity index is 2.28. The number of hydrazone groups is 1. The molecule has 0 radical (unpaired) electrons. The van der Waals surface area contributed by atoms with Gasteiger partial charge >= 0.3 is 0 Å². The summed E-state index contributed by atoms with van der Waals surface area (Å²) in [4.78, 5) is 4.16. The van der Waals surface area contributed by atoms with Crippen LogP contribution in [0.25, 0.3) is 0 Å². The first kappa shape index (κ1) is 16.3. The Labute approximate surface area is 133 Å². The van der Waals surface area contributed by atoms with E-state index < -0.39 is 0 Å². The predicted octanol–water partition coefficient (Wildman–Crippen LogP) is 3.78. The monoisotopic (exact) mass is 298 g/mol. The maximum atomic E-state index is 4.67. The van der Waals surface area contributed by atoms with Crippen LogP contribution in [-0.2, 0) is 6.42 Å². The van der Waals surface area contributed by atoms with Crippen LogP contribution >= 0.6 is 0 Å².